The van der Waals surface area contributed by atoms with E-state index >= 15 is 0 Å². The van der Waals surface area contributed by atoms with E-state index < -0.39 is 0 Å². The summed E-state index contributed by atoms with van der Waals surface area (Å²) in [5.74, 6) is 1.60. The summed E-state index contributed by atoms with van der Waals surface area (Å²) in [6.45, 7) is 4.46. The lowest BCUT2D eigenvalue weighted by atomic mass is 9.93. The van der Waals surface area contributed by atoms with E-state index in [1.807, 2.05) is 23.9 Å². The van der Waals surface area contributed by atoms with E-state index in [-0.39, 0.29) is 6.04 Å². The van der Waals surface area contributed by atoms with Crippen molar-refractivity contribution in [2.75, 3.05) is 0 Å². The highest BCUT2D eigenvalue weighted by Crippen LogP contribution is 2.41. The molecule has 2 N–H and O–H groups in total. The van der Waals surface area contributed by atoms with Crippen molar-refractivity contribution in [3.8, 4) is 0 Å². The van der Waals surface area contributed by atoms with E-state index in [2.05, 4.69) is 19.9 Å². The van der Waals surface area contributed by atoms with Crippen LogP contribution in [0.2, 0.25) is 5.02 Å². The Balaban J connectivity index is 2.38. The van der Waals surface area contributed by atoms with E-state index in [4.69, 9.17) is 17.3 Å². The van der Waals surface area contributed by atoms with Crippen molar-refractivity contribution >= 4 is 23.4 Å². The molecule has 1 heterocycles. The Bertz CT molecular complexity index is 365. The molecule has 0 bridgehead atoms. The Kier molecular flexibility index (Phi) is 3.29. The van der Waals surface area contributed by atoms with Gasteiger partial charge in [0.05, 0.1) is 0 Å². The average Bonchev–Trinajstić information content (AvgIpc) is 2.19. The smallest absolute Gasteiger partial charge is 0.0449 e. The van der Waals surface area contributed by atoms with Crippen LogP contribution in [-0.2, 0) is 5.75 Å². The molecule has 0 spiro atoms. The summed E-state index contributed by atoms with van der Waals surface area (Å²) in [5, 5.41) is 1.37. The summed E-state index contributed by atoms with van der Waals surface area (Å²) < 4.78 is 0. The van der Waals surface area contributed by atoms with Gasteiger partial charge in [-0.05, 0) is 23.1 Å². The van der Waals surface area contributed by atoms with Crippen molar-refractivity contribution in [3.05, 3.63) is 34.3 Å². The van der Waals surface area contributed by atoms with Crippen LogP contribution >= 0.6 is 23.4 Å². The number of halogens is 1. The molecule has 2 rings (SSSR count). The summed E-state index contributed by atoms with van der Waals surface area (Å²) in [6.07, 6.45) is 0. The minimum Gasteiger partial charge on any atom is -0.323 e. The molecule has 0 saturated heterocycles. The summed E-state index contributed by atoms with van der Waals surface area (Å²) in [4.78, 5) is 0. The monoisotopic (exact) mass is 241 g/mol. The van der Waals surface area contributed by atoms with Crippen molar-refractivity contribution < 1.29 is 0 Å². The third-order valence-electron chi connectivity index (χ3n) is 2.95. The molecule has 1 aliphatic heterocycles. The second kappa shape index (κ2) is 4.36. The minimum absolute atomic E-state index is 0.123. The van der Waals surface area contributed by atoms with E-state index in [9.17, 15) is 0 Å². The van der Waals surface area contributed by atoms with Gasteiger partial charge in [-0.2, -0.15) is 11.8 Å². The molecule has 0 fully saturated rings. The third kappa shape index (κ3) is 2.03. The van der Waals surface area contributed by atoms with Crippen LogP contribution in [0.3, 0.4) is 0 Å². The zero-order valence-electron chi connectivity index (χ0n) is 9.03. The van der Waals surface area contributed by atoms with Crippen LogP contribution in [0, 0.1) is 5.92 Å². The molecule has 82 valence electrons. The molecule has 1 aliphatic rings. The summed E-state index contributed by atoms with van der Waals surface area (Å²) in [7, 11) is 0. The Morgan fingerprint density at radius 1 is 1.47 bits per heavy atom. The van der Waals surface area contributed by atoms with Gasteiger partial charge in [0.15, 0.2) is 0 Å². The van der Waals surface area contributed by atoms with Crippen LogP contribution in [0.5, 0.6) is 0 Å². The summed E-state index contributed by atoms with van der Waals surface area (Å²) >= 11 is 8.09. The van der Waals surface area contributed by atoms with E-state index in [0.29, 0.717) is 11.2 Å². The van der Waals surface area contributed by atoms with Crippen LogP contribution in [0.4, 0.5) is 0 Å². The van der Waals surface area contributed by atoms with Crippen LogP contribution in [-0.4, -0.2) is 5.25 Å². The molecule has 0 saturated carbocycles. The quantitative estimate of drug-likeness (QED) is 0.813. The second-order valence-corrected chi connectivity index (χ2v) is 5.93. The van der Waals surface area contributed by atoms with Gasteiger partial charge in [-0.15, -0.1) is 0 Å². The molecule has 1 aromatic rings. The maximum atomic E-state index is 6.28. The molecule has 1 nitrogen and oxygen atoms in total. The second-order valence-electron chi connectivity index (χ2n) is 4.35. The van der Waals surface area contributed by atoms with Gasteiger partial charge in [-0.3, -0.25) is 0 Å². The van der Waals surface area contributed by atoms with Crippen molar-refractivity contribution in [1.29, 1.82) is 0 Å². The first-order valence-corrected chi connectivity index (χ1v) is 6.68. The van der Waals surface area contributed by atoms with E-state index in [0.717, 1.165) is 10.8 Å². The largest absolute Gasteiger partial charge is 0.323 e. The fourth-order valence-electron chi connectivity index (χ4n) is 2.11. The summed E-state index contributed by atoms with van der Waals surface area (Å²) in [6, 6.07) is 6.18. The number of thioether (sulfide) groups is 1. The first kappa shape index (κ1) is 11.3. The molecule has 0 aromatic heterocycles. The Morgan fingerprint density at radius 2 is 2.20 bits per heavy atom. The van der Waals surface area contributed by atoms with Crippen molar-refractivity contribution in [2.24, 2.45) is 11.7 Å². The van der Waals surface area contributed by atoms with Crippen LogP contribution < -0.4 is 5.73 Å². The van der Waals surface area contributed by atoms with Gasteiger partial charge in [0.2, 0.25) is 0 Å². The fraction of sp³-hybridized carbons (Fsp3) is 0.500. The zero-order valence-corrected chi connectivity index (χ0v) is 10.6. The van der Waals surface area contributed by atoms with Crippen LogP contribution in [0.15, 0.2) is 18.2 Å². The van der Waals surface area contributed by atoms with Gasteiger partial charge in [-0.1, -0.05) is 37.6 Å². The lowest BCUT2D eigenvalue weighted by Crippen LogP contribution is -2.32. The predicted molar refractivity (Wildman–Crippen MR) is 68.3 cm³/mol. The highest BCUT2D eigenvalue weighted by Gasteiger charge is 2.30. The highest BCUT2D eigenvalue weighted by molar-refractivity contribution is 7.99. The molecule has 1 aromatic carbocycles. The SMILES string of the molecule is CC(C)C1SCc2c(Cl)cccc2C1N. The van der Waals surface area contributed by atoms with Crippen molar-refractivity contribution in [3.63, 3.8) is 0 Å². The molecule has 0 amide bonds. The van der Waals surface area contributed by atoms with E-state index in [1.54, 1.807) is 0 Å². The standard InChI is InChI=1S/C12H16ClNS/c1-7(2)12-11(14)8-4-3-5-10(13)9(8)6-15-12/h3-5,7,11-12H,6,14H2,1-2H3. The number of rotatable bonds is 1. The minimum atomic E-state index is 0.123. The average molecular weight is 242 g/mol. The van der Waals surface area contributed by atoms with Crippen LogP contribution in [0.1, 0.15) is 31.0 Å². The molecule has 2 unspecified atom stereocenters. The molecule has 2 atom stereocenters. The fourth-order valence-corrected chi connectivity index (χ4v) is 3.86. The van der Waals surface area contributed by atoms with Gasteiger partial charge in [0, 0.05) is 22.1 Å². The molecule has 3 heteroatoms. The van der Waals surface area contributed by atoms with Crippen LogP contribution in [0.25, 0.3) is 0 Å². The van der Waals surface area contributed by atoms with Gasteiger partial charge in [0.1, 0.15) is 0 Å². The lowest BCUT2D eigenvalue weighted by Gasteiger charge is -2.33. The maximum Gasteiger partial charge on any atom is 0.0449 e. The summed E-state index contributed by atoms with van der Waals surface area (Å²) in [5.41, 5.74) is 8.75. The van der Waals surface area contributed by atoms with Gasteiger partial charge < -0.3 is 5.73 Å². The first-order valence-electron chi connectivity index (χ1n) is 5.25. The molecule has 15 heavy (non-hydrogen) atoms. The van der Waals surface area contributed by atoms with E-state index in [1.165, 1.54) is 11.1 Å². The number of nitrogens with two attached hydrogens (primary N) is 1. The lowest BCUT2D eigenvalue weighted by molar-refractivity contribution is 0.520. The number of benzene rings is 1. The topological polar surface area (TPSA) is 26.0 Å². The highest BCUT2D eigenvalue weighted by atomic mass is 35.5. The molecule has 0 radical (unpaired) electrons. The van der Waals surface area contributed by atoms with Gasteiger partial charge in [0.25, 0.3) is 0 Å². The van der Waals surface area contributed by atoms with Crippen molar-refractivity contribution in [1.82, 2.24) is 0 Å². The molecular formula is C12H16ClNS. The van der Waals surface area contributed by atoms with Gasteiger partial charge in [-0.25, -0.2) is 0 Å². The normalized spacial score (nSPS) is 25.4. The van der Waals surface area contributed by atoms with Gasteiger partial charge >= 0.3 is 0 Å². The molecule has 0 aliphatic carbocycles. The Labute approximate surface area is 100 Å². The number of hydrogen-bond donors (Lipinski definition) is 1. The predicted octanol–water partition coefficient (Wildman–Crippen LogP) is 3.61. The van der Waals surface area contributed by atoms with Crippen molar-refractivity contribution in [2.45, 2.75) is 30.9 Å². The molecular weight excluding hydrogens is 226 g/mol. The first-order chi connectivity index (χ1) is 7.11. The Morgan fingerprint density at radius 3 is 2.87 bits per heavy atom. The number of hydrogen-bond acceptors (Lipinski definition) is 2. The zero-order chi connectivity index (χ0) is 11.0. The number of fused-ring (bicyclic) bond motifs is 1. The Hall–Kier alpha value is -0.180. The maximum absolute atomic E-state index is 6.28. The third-order valence-corrected chi connectivity index (χ3v) is 4.98.